The molecule has 0 fully saturated rings. The van der Waals surface area contributed by atoms with E-state index in [1.807, 2.05) is 11.8 Å². The standard InChI is InChI=1S/C30H34F4N6O3/c1-6-7-21(41)15-42-22-8-9-24(30(32,33)34)23(10-22)28-36-27(26-18(4)38-43-19(26)5)17(3)29(37-28)39-13-20-11-35-40(12-16(2)31)25(20)14-39/h8-11,16,21,41H,6-7,12-15H2,1-5H3/t16?,21-/m1/s1. The van der Waals surface area contributed by atoms with E-state index in [0.717, 1.165) is 23.7 Å². The second-order valence-electron chi connectivity index (χ2n) is 10.9. The summed E-state index contributed by atoms with van der Waals surface area (Å²) >= 11 is 0. The molecule has 0 radical (unpaired) electrons. The molecule has 5 rings (SSSR count). The Kier molecular flexibility index (Phi) is 8.46. The first-order chi connectivity index (χ1) is 20.4. The number of ether oxygens (including phenoxy) is 1. The molecule has 1 aliphatic rings. The molecule has 230 valence electrons. The van der Waals surface area contributed by atoms with Gasteiger partial charge in [-0.25, -0.2) is 14.4 Å². The molecule has 0 aliphatic carbocycles. The summed E-state index contributed by atoms with van der Waals surface area (Å²) in [6, 6.07) is 3.42. The number of anilines is 1. The highest BCUT2D eigenvalue weighted by molar-refractivity contribution is 5.76. The van der Waals surface area contributed by atoms with Crippen molar-refractivity contribution in [3.8, 4) is 28.4 Å². The number of fused-ring (bicyclic) bond motifs is 1. The van der Waals surface area contributed by atoms with E-state index < -0.39 is 24.0 Å². The summed E-state index contributed by atoms with van der Waals surface area (Å²) in [5, 5.41) is 18.4. The van der Waals surface area contributed by atoms with Crippen LogP contribution in [0.1, 0.15) is 60.5 Å². The second kappa shape index (κ2) is 11.9. The lowest BCUT2D eigenvalue weighted by Gasteiger charge is -2.23. The fraction of sp³-hybridized carbons (Fsp3) is 0.467. The van der Waals surface area contributed by atoms with Crippen LogP contribution in [0.3, 0.4) is 0 Å². The predicted octanol–water partition coefficient (Wildman–Crippen LogP) is 6.36. The average Bonchev–Trinajstić information content (AvgIpc) is 3.62. The number of hydrogen-bond donors (Lipinski definition) is 1. The number of aliphatic hydroxyl groups excluding tert-OH is 1. The van der Waals surface area contributed by atoms with E-state index in [4.69, 9.17) is 14.2 Å². The van der Waals surface area contributed by atoms with Crippen LogP contribution >= 0.6 is 0 Å². The van der Waals surface area contributed by atoms with Gasteiger partial charge in [0.15, 0.2) is 5.82 Å². The minimum absolute atomic E-state index is 0.0659. The van der Waals surface area contributed by atoms with Crippen LogP contribution in [0.4, 0.5) is 23.4 Å². The molecule has 0 spiro atoms. The van der Waals surface area contributed by atoms with Crippen molar-refractivity contribution in [1.82, 2.24) is 24.9 Å². The number of nitrogens with zero attached hydrogens (tertiary/aromatic N) is 6. The molecule has 2 atom stereocenters. The summed E-state index contributed by atoms with van der Waals surface area (Å²) in [6.07, 6.45) is -3.65. The molecule has 1 unspecified atom stereocenters. The molecule has 1 aromatic carbocycles. The molecule has 1 N–H and O–H groups in total. The van der Waals surface area contributed by atoms with E-state index in [0.29, 0.717) is 53.6 Å². The first kappa shape index (κ1) is 30.5. The van der Waals surface area contributed by atoms with Crippen LogP contribution in [0, 0.1) is 20.8 Å². The zero-order valence-electron chi connectivity index (χ0n) is 24.7. The van der Waals surface area contributed by atoms with Gasteiger partial charge in [0.2, 0.25) is 0 Å². The number of rotatable bonds is 10. The molecule has 0 amide bonds. The topological polar surface area (TPSA) is 102 Å². The molecule has 4 aromatic rings. The zero-order valence-corrected chi connectivity index (χ0v) is 24.7. The summed E-state index contributed by atoms with van der Waals surface area (Å²) in [4.78, 5) is 11.3. The van der Waals surface area contributed by atoms with Gasteiger partial charge in [0.1, 0.15) is 30.1 Å². The van der Waals surface area contributed by atoms with Crippen molar-refractivity contribution in [1.29, 1.82) is 0 Å². The minimum Gasteiger partial charge on any atom is -0.491 e. The van der Waals surface area contributed by atoms with E-state index in [-0.39, 0.29) is 30.3 Å². The Labute approximate surface area is 246 Å². The smallest absolute Gasteiger partial charge is 0.417 e. The maximum Gasteiger partial charge on any atom is 0.417 e. The van der Waals surface area contributed by atoms with Gasteiger partial charge in [-0.2, -0.15) is 18.3 Å². The lowest BCUT2D eigenvalue weighted by molar-refractivity contribution is -0.137. The Morgan fingerprint density at radius 3 is 2.56 bits per heavy atom. The molecule has 1 aliphatic heterocycles. The molecule has 4 heterocycles. The maximum atomic E-state index is 14.3. The zero-order chi connectivity index (χ0) is 31.1. The first-order valence-corrected chi connectivity index (χ1v) is 14.1. The van der Waals surface area contributed by atoms with E-state index in [9.17, 15) is 22.7 Å². The SMILES string of the molecule is CCC[C@@H](O)COc1ccc(C(F)(F)F)c(-c2nc(-c3c(C)noc3C)c(C)c(N3Cc4cnn(CC(C)F)c4C3)n2)c1. The van der Waals surface area contributed by atoms with Crippen LogP contribution < -0.4 is 9.64 Å². The van der Waals surface area contributed by atoms with Gasteiger partial charge in [0.05, 0.1) is 53.6 Å². The van der Waals surface area contributed by atoms with Gasteiger partial charge in [0.25, 0.3) is 0 Å². The Morgan fingerprint density at radius 2 is 1.91 bits per heavy atom. The molecule has 0 bridgehead atoms. The van der Waals surface area contributed by atoms with Crippen LogP contribution in [0.2, 0.25) is 0 Å². The lowest BCUT2D eigenvalue weighted by atomic mass is 10.0. The predicted molar refractivity (Wildman–Crippen MR) is 151 cm³/mol. The van der Waals surface area contributed by atoms with Gasteiger partial charge >= 0.3 is 6.18 Å². The molecule has 43 heavy (non-hydrogen) atoms. The minimum atomic E-state index is -4.70. The second-order valence-corrected chi connectivity index (χ2v) is 10.9. The molecular formula is C30H34F4N6O3. The van der Waals surface area contributed by atoms with Crippen molar-refractivity contribution in [2.24, 2.45) is 0 Å². The van der Waals surface area contributed by atoms with Crippen LogP contribution in [0.15, 0.2) is 28.9 Å². The van der Waals surface area contributed by atoms with Crippen LogP contribution in [-0.2, 0) is 25.8 Å². The quantitative estimate of drug-likeness (QED) is 0.209. The molecule has 3 aromatic heterocycles. The summed E-state index contributed by atoms with van der Waals surface area (Å²) in [7, 11) is 0. The molecule has 13 heteroatoms. The van der Waals surface area contributed by atoms with Crippen LogP contribution in [-0.4, -0.2) is 48.9 Å². The number of aryl methyl sites for hydroxylation is 2. The monoisotopic (exact) mass is 602 g/mol. The summed E-state index contributed by atoms with van der Waals surface area (Å²) < 4.78 is 69.5. The third kappa shape index (κ3) is 6.22. The summed E-state index contributed by atoms with van der Waals surface area (Å²) in [6.45, 7) is 9.38. The lowest BCUT2D eigenvalue weighted by Crippen LogP contribution is -2.21. The van der Waals surface area contributed by atoms with Gasteiger partial charge in [-0.05, 0) is 52.3 Å². The Morgan fingerprint density at radius 1 is 1.14 bits per heavy atom. The normalized spacial score (nSPS) is 14.7. The van der Waals surface area contributed by atoms with Crippen molar-refractivity contribution < 1.29 is 31.9 Å². The van der Waals surface area contributed by atoms with E-state index >= 15 is 0 Å². The third-order valence-electron chi connectivity index (χ3n) is 7.45. The molecule has 0 saturated carbocycles. The maximum absolute atomic E-state index is 14.3. The fourth-order valence-electron chi connectivity index (χ4n) is 5.40. The fourth-order valence-corrected chi connectivity index (χ4v) is 5.40. The van der Waals surface area contributed by atoms with E-state index in [1.165, 1.54) is 19.1 Å². The van der Waals surface area contributed by atoms with Crippen LogP contribution in [0.5, 0.6) is 5.75 Å². The van der Waals surface area contributed by atoms with Gasteiger partial charge < -0.3 is 19.3 Å². The number of aliphatic hydroxyl groups is 1. The highest BCUT2D eigenvalue weighted by Gasteiger charge is 2.36. The Balaban J connectivity index is 1.65. The Hall–Kier alpha value is -4.00. The first-order valence-electron chi connectivity index (χ1n) is 14.1. The van der Waals surface area contributed by atoms with Crippen LogP contribution in [0.25, 0.3) is 22.6 Å². The summed E-state index contributed by atoms with van der Waals surface area (Å²) in [5.41, 5.74) is 2.64. The third-order valence-corrected chi connectivity index (χ3v) is 7.45. The molecule has 9 nitrogen and oxygen atoms in total. The van der Waals surface area contributed by atoms with E-state index in [1.54, 1.807) is 31.6 Å². The highest BCUT2D eigenvalue weighted by Crippen LogP contribution is 2.42. The number of halogens is 4. The largest absolute Gasteiger partial charge is 0.491 e. The molecular weight excluding hydrogens is 568 g/mol. The number of alkyl halides is 4. The number of benzene rings is 1. The average molecular weight is 603 g/mol. The Bertz CT molecular complexity index is 1590. The van der Waals surface area contributed by atoms with Crippen molar-refractivity contribution in [2.75, 3.05) is 11.5 Å². The van der Waals surface area contributed by atoms with Gasteiger partial charge in [-0.3, -0.25) is 4.68 Å². The van der Waals surface area contributed by atoms with Crippen molar-refractivity contribution in [3.05, 3.63) is 58.2 Å². The number of hydrogen-bond acceptors (Lipinski definition) is 8. The van der Waals surface area contributed by atoms with Crippen molar-refractivity contribution >= 4 is 5.82 Å². The van der Waals surface area contributed by atoms with E-state index in [2.05, 4.69) is 15.2 Å². The van der Waals surface area contributed by atoms with Gasteiger partial charge in [-0.15, -0.1) is 0 Å². The highest BCUT2D eigenvalue weighted by atomic mass is 19.4. The van der Waals surface area contributed by atoms with Crippen molar-refractivity contribution in [3.63, 3.8) is 0 Å². The number of aromatic nitrogens is 5. The van der Waals surface area contributed by atoms with Crippen molar-refractivity contribution in [2.45, 2.75) is 85.5 Å². The van der Waals surface area contributed by atoms with Gasteiger partial charge in [-0.1, -0.05) is 18.5 Å². The molecule has 0 saturated heterocycles. The summed E-state index contributed by atoms with van der Waals surface area (Å²) in [5.74, 6) is 0.884. The van der Waals surface area contributed by atoms with Gasteiger partial charge in [0, 0.05) is 23.2 Å².